The van der Waals surface area contributed by atoms with E-state index in [1.807, 2.05) is 0 Å². The second-order valence-corrected chi connectivity index (χ2v) is 66.2. The molecule has 7 aliphatic rings. The van der Waals surface area contributed by atoms with E-state index in [0.29, 0.717) is 42.7 Å². The monoisotopic (exact) mass is 1310 g/mol. The van der Waals surface area contributed by atoms with E-state index in [1.54, 1.807) is 0 Å². The average Bonchev–Trinajstić information content (AvgIpc) is 4.17. The van der Waals surface area contributed by atoms with Crippen molar-refractivity contribution < 1.29 is 163 Å². The molecule has 0 aromatic heterocycles. The Balaban J connectivity index is -0.000000172. The van der Waals surface area contributed by atoms with Crippen molar-refractivity contribution in [2.75, 3.05) is 0 Å². The maximum Gasteiger partial charge on any atom is 1.00 e. The van der Waals surface area contributed by atoms with Crippen LogP contribution in [-0.2, 0) is 31.0 Å². The maximum absolute atomic E-state index is 6.19. The molecule has 0 saturated heterocycles. The van der Waals surface area contributed by atoms with Crippen molar-refractivity contribution in [1.82, 2.24) is 0 Å². The van der Waals surface area contributed by atoms with Gasteiger partial charge >= 0.3 is 132 Å². The molecule has 0 aromatic carbocycles. The van der Waals surface area contributed by atoms with Crippen LogP contribution in [-0.4, -0.2) is 101 Å². The third-order valence-electron chi connectivity index (χ3n) is 17.8. The van der Waals surface area contributed by atoms with Gasteiger partial charge in [-0.3, -0.25) is 0 Å². The predicted octanol–water partition coefficient (Wildman–Crippen LogP) is 1.20. The molecule has 7 fully saturated rings. The molecule has 0 amide bonds. The number of rotatable bonds is 14. The fourth-order valence-electron chi connectivity index (χ4n) is 13.4. The smallest absolute Gasteiger partial charge is 0.415 e. The Morgan fingerprint density at radius 1 is 0.216 bits per heavy atom. The van der Waals surface area contributed by atoms with Gasteiger partial charge in [0.15, 0.2) is 58.2 Å². The van der Waals surface area contributed by atoms with Gasteiger partial charge < -0.3 is 31.0 Å². The van der Waals surface area contributed by atoms with Crippen molar-refractivity contribution in [3.63, 3.8) is 0 Å². The third-order valence-corrected chi connectivity index (χ3v) is 24.9. The minimum Gasteiger partial charge on any atom is -0.415 e. The molecule has 7 rings (SSSR count). The first kappa shape index (κ1) is 107. The first-order valence-electron chi connectivity index (χ1n) is 34.3. The summed E-state index contributed by atoms with van der Waals surface area (Å²) >= 11 is 0. The molecule has 0 N–H and O–H groups in total. The van der Waals surface area contributed by atoms with E-state index < -0.39 is 58.2 Å². The molecule has 16 unspecified atom stereocenters. The third kappa shape index (κ3) is 51.5. The summed E-state index contributed by atoms with van der Waals surface area (Å²) in [5.41, 5.74) is 0. The summed E-state index contributed by atoms with van der Waals surface area (Å²) < 4.78 is 42.6. The van der Waals surface area contributed by atoms with E-state index in [-0.39, 0.29) is 132 Å². The van der Waals surface area contributed by atoms with Crippen molar-refractivity contribution in [1.29, 1.82) is 0 Å². The molecule has 0 aromatic rings. The van der Waals surface area contributed by atoms with Crippen LogP contribution in [0.4, 0.5) is 0 Å². The fraction of sp³-hybridized carbons (Fsp3) is 1.00. The molecule has 486 valence electrons. The SMILES string of the molecule is CC1CC(C)C(O[Si](C)(C)C)C1.CC1CC(O[Si](C)(C)C)C(C)C1C.CC1CCC(C)C1O[Si](C)(C)C.CC1CCC(O[Si](C)(C)C)C1.CC1CCC(O[Si](C)(C)C)C1C.CC1CCCC1O[Si](C)(C)C.C[Si](C)(C)OC1CCCC1.[Li+].[Li+].[Li+].[Li+].[Li+].[Li+].[Li+]. The van der Waals surface area contributed by atoms with E-state index >= 15 is 0 Å². The fourth-order valence-corrected chi connectivity index (χ4v) is 22.1. The van der Waals surface area contributed by atoms with Crippen LogP contribution in [0.15, 0.2) is 0 Å². The van der Waals surface area contributed by atoms with Crippen LogP contribution in [0.3, 0.4) is 0 Å². The Bertz CT molecular complexity index is 1660. The van der Waals surface area contributed by atoms with Gasteiger partial charge in [-0.05, 0) is 292 Å². The van der Waals surface area contributed by atoms with Crippen LogP contribution < -0.4 is 132 Å². The Labute approximate surface area is 644 Å². The van der Waals surface area contributed by atoms with Crippen LogP contribution in [0, 0.1) is 65.1 Å². The summed E-state index contributed by atoms with van der Waals surface area (Å²) in [4.78, 5) is 0. The van der Waals surface area contributed by atoms with Crippen molar-refractivity contribution in [2.24, 2.45) is 65.1 Å². The maximum atomic E-state index is 6.19. The summed E-state index contributed by atoms with van der Waals surface area (Å²) in [7, 11) is -8.95. The quantitative estimate of drug-likeness (QED) is 0.243. The number of hydrogen-bond acceptors (Lipinski definition) is 7. The van der Waals surface area contributed by atoms with E-state index in [9.17, 15) is 0 Å². The van der Waals surface area contributed by atoms with Crippen molar-refractivity contribution in [3.05, 3.63) is 0 Å². The van der Waals surface area contributed by atoms with Gasteiger partial charge in [0.2, 0.25) is 0 Å². The van der Waals surface area contributed by atoms with Gasteiger partial charge in [0, 0.05) is 36.6 Å². The molecule has 7 nitrogen and oxygen atoms in total. The van der Waals surface area contributed by atoms with Gasteiger partial charge in [0.25, 0.3) is 0 Å². The molecule has 16 atom stereocenters. The summed E-state index contributed by atoms with van der Waals surface area (Å²) in [5.74, 6) is 9.01. The van der Waals surface area contributed by atoms with E-state index in [4.69, 9.17) is 31.0 Å². The van der Waals surface area contributed by atoms with Crippen molar-refractivity contribution in [3.8, 4) is 0 Å². The van der Waals surface area contributed by atoms with Gasteiger partial charge in [0.05, 0.1) is 6.10 Å². The zero-order valence-electron chi connectivity index (χ0n) is 67.8. The Morgan fingerprint density at radius 3 is 0.920 bits per heavy atom. The standard InChI is InChI=1S/C11H24OSi.3C10H22OSi.2C9H20OSi.C8H18OSi.7Li/c1-8-7-11(10(3)9(8)2)12-13(4,5)6;1-8-6-9(2)10(7-8)11-12(3,4)5;1-8-6-7-10(9(8)2)11-12(3,4)5;1-8-6-7-9(2)10(8)11-12(3,4)5;1-8-5-6-9(7-8)10-11(2,3)4;1-8-6-5-7-9(8)10-11(2,3)4;1-10(2,3)9-8-6-4-5-7-8;;;;;;;/h8-11H,7H2,1-6H3;3*8-10H,6-7H2,1-5H3;2*8-9H,5-7H2,1-4H3;8H,4-7H2,1-3H3;;;;;;;/q;;;;;;;7*+1. The second kappa shape index (κ2) is 49.1. The Kier molecular flexibility index (Phi) is 59.6. The minimum absolute atomic E-state index is 0. The van der Waals surface area contributed by atoms with Crippen LogP contribution in [0.1, 0.15) is 185 Å². The molecule has 0 aliphatic heterocycles. The van der Waals surface area contributed by atoms with Crippen molar-refractivity contribution >= 4 is 58.2 Å². The molecule has 7 saturated carbocycles. The van der Waals surface area contributed by atoms with Gasteiger partial charge in [-0.2, -0.15) is 0 Å². The predicted molar refractivity (Wildman–Crippen MR) is 377 cm³/mol. The Hall–Kier alpha value is 5.42. The molecule has 0 spiro atoms. The molecule has 0 radical (unpaired) electrons. The largest absolute Gasteiger partial charge is 1.00 e. The van der Waals surface area contributed by atoms with Gasteiger partial charge in [-0.15, -0.1) is 0 Å². The molecular formula is C67H148Li7O7Si7+7. The molecule has 0 bridgehead atoms. The Morgan fingerprint density at radius 2 is 0.602 bits per heavy atom. The molecule has 21 heteroatoms. The van der Waals surface area contributed by atoms with Crippen LogP contribution in [0.2, 0.25) is 137 Å². The number of hydrogen-bond donors (Lipinski definition) is 0. The van der Waals surface area contributed by atoms with Crippen molar-refractivity contribution in [2.45, 2.75) is 366 Å². The minimum atomic E-state index is -1.32. The normalized spacial score (nSPS) is 32.0. The van der Waals surface area contributed by atoms with Gasteiger partial charge in [-0.25, -0.2) is 0 Å². The van der Waals surface area contributed by atoms with E-state index in [1.165, 1.54) is 109 Å². The summed E-state index contributed by atoms with van der Waals surface area (Å²) in [5, 5.41) is 0. The van der Waals surface area contributed by atoms with Crippen LogP contribution in [0.5, 0.6) is 0 Å². The first-order valence-corrected chi connectivity index (χ1v) is 58.1. The molecular weight excluding hydrogens is 1160 g/mol. The molecule has 88 heavy (non-hydrogen) atoms. The van der Waals surface area contributed by atoms with Gasteiger partial charge in [-0.1, -0.05) is 95.4 Å². The zero-order chi connectivity index (χ0) is 62.9. The van der Waals surface area contributed by atoms with E-state index in [0.717, 1.165) is 65.1 Å². The van der Waals surface area contributed by atoms with E-state index in [2.05, 4.69) is 214 Å². The summed E-state index contributed by atoms with van der Waals surface area (Å²) in [6.07, 6.45) is 26.7. The summed E-state index contributed by atoms with van der Waals surface area (Å²) in [6, 6.07) is 0. The molecule has 7 aliphatic carbocycles. The van der Waals surface area contributed by atoms with Crippen LogP contribution >= 0.6 is 0 Å². The average molecular weight is 1310 g/mol. The topological polar surface area (TPSA) is 64.6 Å². The summed E-state index contributed by atoms with van der Waals surface area (Å²) in [6.45, 7) is 73.6. The van der Waals surface area contributed by atoms with Gasteiger partial charge in [0.1, 0.15) is 0 Å². The molecule has 0 heterocycles. The van der Waals surface area contributed by atoms with Crippen LogP contribution in [0.25, 0.3) is 0 Å². The zero-order valence-corrected chi connectivity index (χ0v) is 74.8. The first-order chi connectivity index (χ1) is 36.5. The second-order valence-electron chi connectivity index (χ2n) is 35.0.